The number of halogens is 1. The fraction of sp³-hybridized carbons (Fsp3) is 0.400. The molecule has 33 heavy (non-hydrogen) atoms. The number of rotatable bonds is 9. The molecule has 1 aliphatic rings. The van der Waals surface area contributed by atoms with Gasteiger partial charge in [0, 0.05) is 28.6 Å². The number of likely N-dealkylation sites (tertiary alicyclic amines) is 1. The third kappa shape index (κ3) is 7.06. The summed E-state index contributed by atoms with van der Waals surface area (Å²) >= 11 is 7.77. The van der Waals surface area contributed by atoms with Crippen molar-refractivity contribution in [2.75, 3.05) is 25.4 Å². The first-order valence-corrected chi connectivity index (χ1v) is 12.7. The highest BCUT2D eigenvalue weighted by molar-refractivity contribution is 7.99. The van der Waals surface area contributed by atoms with Crippen LogP contribution in [0.1, 0.15) is 30.7 Å². The van der Waals surface area contributed by atoms with Crippen LogP contribution in [-0.2, 0) is 11.3 Å². The average molecular weight is 485 g/mol. The van der Waals surface area contributed by atoms with Crippen molar-refractivity contribution in [3.63, 3.8) is 0 Å². The van der Waals surface area contributed by atoms with Crippen molar-refractivity contribution in [1.82, 2.24) is 20.4 Å². The summed E-state index contributed by atoms with van der Waals surface area (Å²) in [7, 11) is 0. The van der Waals surface area contributed by atoms with Crippen LogP contribution in [0.2, 0.25) is 5.02 Å². The minimum atomic E-state index is 0.00200. The number of amides is 1. The Morgan fingerprint density at radius 2 is 2.00 bits per heavy atom. The predicted octanol–water partition coefficient (Wildman–Crippen LogP) is 5.21. The molecule has 1 unspecified atom stereocenters. The third-order valence-corrected chi connectivity index (χ3v) is 7.07. The average Bonchev–Trinajstić information content (AvgIpc) is 3.29. The SMILES string of the molecule is Cc1ccc(SCCCNC(=O)C2CCCN(Cc3nc(-c4ccc(Cl)cc4)no3)C2)cc1. The highest BCUT2D eigenvalue weighted by atomic mass is 35.5. The van der Waals surface area contributed by atoms with Crippen LogP contribution in [0.5, 0.6) is 0 Å². The lowest BCUT2D eigenvalue weighted by Gasteiger charge is -2.30. The van der Waals surface area contributed by atoms with Crippen LogP contribution in [0.4, 0.5) is 0 Å². The first-order chi connectivity index (χ1) is 16.1. The highest BCUT2D eigenvalue weighted by Gasteiger charge is 2.26. The molecule has 2 heterocycles. The van der Waals surface area contributed by atoms with Gasteiger partial charge in [0.15, 0.2) is 0 Å². The fourth-order valence-corrected chi connectivity index (χ4v) is 4.87. The summed E-state index contributed by atoms with van der Waals surface area (Å²) in [6.45, 7) is 5.00. The van der Waals surface area contributed by atoms with E-state index in [1.165, 1.54) is 10.5 Å². The Morgan fingerprint density at radius 1 is 1.21 bits per heavy atom. The van der Waals surface area contributed by atoms with Crippen molar-refractivity contribution < 1.29 is 9.32 Å². The monoisotopic (exact) mass is 484 g/mol. The summed E-state index contributed by atoms with van der Waals surface area (Å²) in [5.74, 6) is 2.26. The fourth-order valence-electron chi connectivity index (χ4n) is 3.89. The van der Waals surface area contributed by atoms with Gasteiger partial charge in [0.2, 0.25) is 17.6 Å². The number of aryl methyl sites for hydroxylation is 1. The maximum atomic E-state index is 12.7. The Labute approximate surface area is 204 Å². The van der Waals surface area contributed by atoms with Gasteiger partial charge in [-0.1, -0.05) is 34.5 Å². The minimum Gasteiger partial charge on any atom is -0.356 e. The van der Waals surface area contributed by atoms with E-state index in [1.807, 2.05) is 36.0 Å². The zero-order valence-electron chi connectivity index (χ0n) is 18.8. The van der Waals surface area contributed by atoms with Gasteiger partial charge in [-0.3, -0.25) is 9.69 Å². The maximum absolute atomic E-state index is 12.7. The lowest BCUT2D eigenvalue weighted by molar-refractivity contribution is -0.126. The molecule has 1 aromatic heterocycles. The Balaban J connectivity index is 1.19. The van der Waals surface area contributed by atoms with E-state index in [4.69, 9.17) is 16.1 Å². The molecule has 174 valence electrons. The van der Waals surface area contributed by atoms with Crippen molar-refractivity contribution >= 4 is 29.3 Å². The minimum absolute atomic E-state index is 0.00200. The van der Waals surface area contributed by atoms with Crippen molar-refractivity contribution in [2.45, 2.75) is 37.6 Å². The first kappa shape index (κ1) is 23.8. The van der Waals surface area contributed by atoms with Crippen LogP contribution in [0.15, 0.2) is 57.9 Å². The molecule has 8 heteroatoms. The van der Waals surface area contributed by atoms with Gasteiger partial charge in [-0.15, -0.1) is 11.8 Å². The Morgan fingerprint density at radius 3 is 2.79 bits per heavy atom. The quantitative estimate of drug-likeness (QED) is 0.332. The van der Waals surface area contributed by atoms with E-state index in [2.05, 4.69) is 51.5 Å². The van der Waals surface area contributed by atoms with E-state index < -0.39 is 0 Å². The van der Waals surface area contributed by atoms with Crippen molar-refractivity contribution in [1.29, 1.82) is 0 Å². The van der Waals surface area contributed by atoms with E-state index in [9.17, 15) is 4.79 Å². The number of benzene rings is 2. The van der Waals surface area contributed by atoms with Crippen LogP contribution < -0.4 is 5.32 Å². The Kier molecular flexibility index (Phi) is 8.42. The number of thioether (sulfide) groups is 1. The molecule has 6 nitrogen and oxygen atoms in total. The van der Waals surface area contributed by atoms with Crippen molar-refractivity contribution in [3.05, 3.63) is 65.0 Å². The molecule has 0 saturated carbocycles. The van der Waals surface area contributed by atoms with Crippen LogP contribution in [0, 0.1) is 12.8 Å². The number of hydrogen-bond acceptors (Lipinski definition) is 6. The largest absolute Gasteiger partial charge is 0.356 e. The summed E-state index contributed by atoms with van der Waals surface area (Å²) in [6.07, 6.45) is 2.86. The molecule has 1 aliphatic heterocycles. The van der Waals surface area contributed by atoms with Crippen molar-refractivity contribution in [3.8, 4) is 11.4 Å². The summed E-state index contributed by atoms with van der Waals surface area (Å²) in [6, 6.07) is 15.9. The van der Waals surface area contributed by atoms with Gasteiger partial charge in [0.05, 0.1) is 12.5 Å². The van der Waals surface area contributed by atoms with Crippen molar-refractivity contribution in [2.24, 2.45) is 5.92 Å². The second-order valence-electron chi connectivity index (χ2n) is 8.40. The highest BCUT2D eigenvalue weighted by Crippen LogP contribution is 2.22. The molecule has 0 aliphatic carbocycles. The van der Waals surface area contributed by atoms with Gasteiger partial charge in [0.25, 0.3) is 0 Å². The summed E-state index contributed by atoms with van der Waals surface area (Å²) in [5, 5.41) is 7.88. The summed E-state index contributed by atoms with van der Waals surface area (Å²) < 4.78 is 5.44. The molecule has 0 spiro atoms. The van der Waals surface area contributed by atoms with Gasteiger partial charge in [0.1, 0.15) is 0 Å². The predicted molar refractivity (Wildman–Crippen MR) is 132 cm³/mol. The van der Waals surface area contributed by atoms with Gasteiger partial charge < -0.3 is 9.84 Å². The molecule has 3 aromatic rings. The number of carbonyl (C=O) groups is 1. The number of carbonyl (C=O) groups excluding carboxylic acids is 1. The van der Waals surface area contributed by atoms with Gasteiger partial charge >= 0.3 is 0 Å². The lowest BCUT2D eigenvalue weighted by Crippen LogP contribution is -2.43. The molecule has 1 fully saturated rings. The molecule has 1 saturated heterocycles. The molecular weight excluding hydrogens is 456 g/mol. The van der Waals surface area contributed by atoms with E-state index in [-0.39, 0.29) is 11.8 Å². The van der Waals surface area contributed by atoms with Gasteiger partial charge in [-0.05, 0) is 74.9 Å². The Hall–Kier alpha value is -2.35. The van der Waals surface area contributed by atoms with Gasteiger partial charge in [-0.2, -0.15) is 4.98 Å². The maximum Gasteiger partial charge on any atom is 0.241 e. The topological polar surface area (TPSA) is 71.3 Å². The molecule has 1 amide bonds. The van der Waals surface area contributed by atoms with Gasteiger partial charge in [-0.25, -0.2) is 0 Å². The molecule has 0 radical (unpaired) electrons. The van der Waals surface area contributed by atoms with E-state index in [1.54, 1.807) is 0 Å². The van der Waals surface area contributed by atoms with Crippen LogP contribution in [-0.4, -0.2) is 46.3 Å². The molecule has 2 aromatic carbocycles. The number of aromatic nitrogens is 2. The molecule has 1 N–H and O–H groups in total. The van der Waals surface area contributed by atoms with Crippen LogP contribution in [0.3, 0.4) is 0 Å². The molecule has 1 atom stereocenters. The first-order valence-electron chi connectivity index (χ1n) is 11.3. The molecule has 0 bridgehead atoms. The third-order valence-electron chi connectivity index (χ3n) is 5.72. The number of nitrogens with one attached hydrogen (secondary N) is 1. The summed E-state index contributed by atoms with van der Waals surface area (Å²) in [5.41, 5.74) is 2.14. The Bertz CT molecular complexity index is 1040. The van der Waals surface area contributed by atoms with Crippen LogP contribution >= 0.6 is 23.4 Å². The zero-order chi connectivity index (χ0) is 23.0. The van der Waals surface area contributed by atoms with Crippen LogP contribution in [0.25, 0.3) is 11.4 Å². The van der Waals surface area contributed by atoms with E-state index >= 15 is 0 Å². The van der Waals surface area contributed by atoms with E-state index in [0.29, 0.717) is 36.4 Å². The molecule has 4 rings (SSSR count). The number of piperidine rings is 1. The second kappa shape index (κ2) is 11.7. The van der Waals surface area contributed by atoms with E-state index in [0.717, 1.165) is 37.1 Å². The smallest absolute Gasteiger partial charge is 0.241 e. The molecular formula is C25H29ClN4O2S. The number of nitrogens with zero attached hydrogens (tertiary/aromatic N) is 3. The summed E-state index contributed by atoms with van der Waals surface area (Å²) in [4.78, 5) is 20.7. The zero-order valence-corrected chi connectivity index (χ0v) is 20.4. The second-order valence-corrected chi connectivity index (χ2v) is 10.0. The lowest BCUT2D eigenvalue weighted by atomic mass is 9.97. The standard InChI is InChI=1S/C25H29ClN4O2S/c1-18-5-11-22(12-6-18)33-15-3-13-27-25(31)20-4-2-14-30(16-20)17-23-28-24(29-32-23)19-7-9-21(26)10-8-19/h5-12,20H,2-4,13-17H2,1H3,(H,27,31). The normalized spacial score (nSPS) is 16.6. The number of hydrogen-bond donors (Lipinski definition) is 1.